The molecule has 1 aliphatic rings. The first-order chi connectivity index (χ1) is 7.33. The van der Waals surface area contributed by atoms with Gasteiger partial charge in [-0.25, -0.2) is 4.68 Å². The maximum atomic E-state index is 4.20. The van der Waals surface area contributed by atoms with Crippen LogP contribution in [0.2, 0.25) is 0 Å². The zero-order chi connectivity index (χ0) is 10.7. The van der Waals surface area contributed by atoms with Crippen LogP contribution >= 0.6 is 15.9 Å². The molecule has 0 saturated heterocycles. The van der Waals surface area contributed by atoms with Crippen molar-refractivity contribution in [2.24, 2.45) is 5.92 Å². The van der Waals surface area contributed by atoms with E-state index in [0.29, 0.717) is 6.04 Å². The molecule has 15 heavy (non-hydrogen) atoms. The molecule has 0 radical (unpaired) electrons. The normalized spacial score (nSPS) is 26.8. The number of alkyl halides is 1. The van der Waals surface area contributed by atoms with Crippen molar-refractivity contribution in [3.63, 3.8) is 0 Å². The van der Waals surface area contributed by atoms with Crippen LogP contribution in [0, 0.1) is 5.92 Å². The number of aromatic nitrogens is 3. The fraction of sp³-hybridized carbons (Fsp3) is 0.818. The van der Waals surface area contributed by atoms with E-state index < -0.39 is 0 Å². The highest BCUT2D eigenvalue weighted by Gasteiger charge is 2.21. The summed E-state index contributed by atoms with van der Waals surface area (Å²) in [6.45, 7) is 2.30. The minimum Gasteiger partial charge on any atom is -0.249 e. The van der Waals surface area contributed by atoms with Crippen molar-refractivity contribution in [1.82, 2.24) is 15.0 Å². The standard InChI is InChI=1S/C11H18BrN3/c1-2-9-3-5-11(6-4-9)15-8-10(7-12)13-14-15/h8-9,11H,2-7H2,1H3. The summed E-state index contributed by atoms with van der Waals surface area (Å²) in [7, 11) is 0. The molecule has 84 valence electrons. The van der Waals surface area contributed by atoms with Gasteiger partial charge in [-0.2, -0.15) is 0 Å². The van der Waals surface area contributed by atoms with Gasteiger partial charge < -0.3 is 0 Å². The molecule has 1 aliphatic carbocycles. The number of rotatable bonds is 3. The lowest BCUT2D eigenvalue weighted by molar-refractivity contribution is 0.253. The summed E-state index contributed by atoms with van der Waals surface area (Å²) >= 11 is 3.40. The second kappa shape index (κ2) is 5.10. The van der Waals surface area contributed by atoms with Gasteiger partial charge in [0.05, 0.1) is 11.7 Å². The number of nitrogens with zero attached hydrogens (tertiary/aromatic N) is 3. The van der Waals surface area contributed by atoms with Crippen LogP contribution in [0.25, 0.3) is 0 Å². The molecule has 0 aromatic carbocycles. The average Bonchev–Trinajstić information content (AvgIpc) is 2.78. The Morgan fingerprint density at radius 3 is 2.67 bits per heavy atom. The number of hydrogen-bond acceptors (Lipinski definition) is 2. The molecule has 1 fully saturated rings. The number of halogens is 1. The molecule has 1 heterocycles. The molecule has 0 N–H and O–H groups in total. The fourth-order valence-corrected chi connectivity index (χ4v) is 2.63. The highest BCUT2D eigenvalue weighted by atomic mass is 79.9. The molecule has 3 nitrogen and oxygen atoms in total. The van der Waals surface area contributed by atoms with Crippen molar-refractivity contribution in [3.8, 4) is 0 Å². The molecular weight excluding hydrogens is 254 g/mol. The highest BCUT2D eigenvalue weighted by molar-refractivity contribution is 9.08. The van der Waals surface area contributed by atoms with Crippen LogP contribution in [-0.4, -0.2) is 15.0 Å². The maximum Gasteiger partial charge on any atom is 0.0932 e. The van der Waals surface area contributed by atoms with E-state index >= 15 is 0 Å². The van der Waals surface area contributed by atoms with Crippen molar-refractivity contribution in [2.45, 2.75) is 50.4 Å². The highest BCUT2D eigenvalue weighted by Crippen LogP contribution is 2.33. The SMILES string of the molecule is CCC1CCC(n2cc(CBr)nn2)CC1. The predicted octanol–water partition coefficient (Wildman–Crippen LogP) is 3.31. The molecule has 0 bridgehead atoms. The van der Waals surface area contributed by atoms with Crippen LogP contribution in [0.1, 0.15) is 50.8 Å². The molecule has 0 atom stereocenters. The smallest absolute Gasteiger partial charge is 0.0932 e. The minimum atomic E-state index is 0.591. The summed E-state index contributed by atoms with van der Waals surface area (Å²) in [6.07, 6.45) is 8.64. The van der Waals surface area contributed by atoms with E-state index in [2.05, 4.69) is 44.0 Å². The maximum absolute atomic E-state index is 4.20. The largest absolute Gasteiger partial charge is 0.249 e. The summed E-state index contributed by atoms with van der Waals surface area (Å²) < 4.78 is 2.06. The lowest BCUT2D eigenvalue weighted by Gasteiger charge is -2.27. The van der Waals surface area contributed by atoms with Crippen LogP contribution in [0.5, 0.6) is 0 Å². The predicted molar refractivity (Wildman–Crippen MR) is 63.9 cm³/mol. The van der Waals surface area contributed by atoms with Gasteiger partial charge in [-0.3, -0.25) is 0 Å². The molecule has 1 aromatic rings. The molecule has 0 spiro atoms. The molecule has 1 aromatic heterocycles. The Bertz CT molecular complexity index is 303. The van der Waals surface area contributed by atoms with Gasteiger partial charge in [0.15, 0.2) is 0 Å². The molecule has 1 saturated carbocycles. The second-order valence-electron chi connectivity index (χ2n) is 4.41. The Morgan fingerprint density at radius 2 is 2.13 bits per heavy atom. The molecule has 4 heteroatoms. The Morgan fingerprint density at radius 1 is 1.40 bits per heavy atom. The van der Waals surface area contributed by atoms with Gasteiger partial charge in [0.25, 0.3) is 0 Å². The van der Waals surface area contributed by atoms with Gasteiger partial charge in [-0.1, -0.05) is 34.5 Å². The van der Waals surface area contributed by atoms with Crippen molar-refractivity contribution in [1.29, 1.82) is 0 Å². The zero-order valence-corrected chi connectivity index (χ0v) is 10.8. The van der Waals surface area contributed by atoms with Crippen LogP contribution in [0.4, 0.5) is 0 Å². The lowest BCUT2D eigenvalue weighted by atomic mass is 9.85. The van der Waals surface area contributed by atoms with Gasteiger partial charge in [0.2, 0.25) is 0 Å². The summed E-state index contributed by atoms with van der Waals surface area (Å²) in [5.41, 5.74) is 1.03. The summed E-state index contributed by atoms with van der Waals surface area (Å²) in [6, 6.07) is 0.591. The monoisotopic (exact) mass is 271 g/mol. The van der Waals surface area contributed by atoms with Gasteiger partial charge in [0.1, 0.15) is 0 Å². The minimum absolute atomic E-state index is 0.591. The van der Waals surface area contributed by atoms with Gasteiger partial charge in [-0.05, 0) is 31.6 Å². The first kappa shape index (κ1) is 11.1. The van der Waals surface area contributed by atoms with E-state index in [1.807, 2.05) is 0 Å². The fourth-order valence-electron chi connectivity index (χ4n) is 2.37. The molecule has 0 unspecified atom stereocenters. The average molecular weight is 272 g/mol. The van der Waals surface area contributed by atoms with Gasteiger partial charge in [0, 0.05) is 11.5 Å². The van der Waals surface area contributed by atoms with E-state index in [-0.39, 0.29) is 0 Å². The molecule has 0 aliphatic heterocycles. The number of hydrogen-bond donors (Lipinski definition) is 0. The second-order valence-corrected chi connectivity index (χ2v) is 4.97. The third-order valence-corrected chi connectivity index (χ3v) is 4.04. The Labute approximate surface area is 99.4 Å². The molecule has 0 amide bonds. The first-order valence-electron chi connectivity index (χ1n) is 5.80. The van der Waals surface area contributed by atoms with E-state index in [0.717, 1.165) is 16.9 Å². The molecule has 2 rings (SSSR count). The summed E-state index contributed by atoms with van der Waals surface area (Å²) in [5, 5.41) is 9.12. The Hall–Kier alpha value is -0.380. The first-order valence-corrected chi connectivity index (χ1v) is 6.92. The zero-order valence-electron chi connectivity index (χ0n) is 9.19. The topological polar surface area (TPSA) is 30.7 Å². The van der Waals surface area contributed by atoms with Crippen LogP contribution in [-0.2, 0) is 5.33 Å². The third-order valence-electron chi connectivity index (χ3n) is 3.46. The summed E-state index contributed by atoms with van der Waals surface area (Å²) in [5.74, 6) is 0.945. The summed E-state index contributed by atoms with van der Waals surface area (Å²) in [4.78, 5) is 0. The van der Waals surface area contributed by atoms with Crippen molar-refractivity contribution >= 4 is 15.9 Å². The van der Waals surface area contributed by atoms with E-state index in [1.165, 1.54) is 32.1 Å². The van der Waals surface area contributed by atoms with E-state index in [4.69, 9.17) is 0 Å². The van der Waals surface area contributed by atoms with Crippen LogP contribution in [0.3, 0.4) is 0 Å². The van der Waals surface area contributed by atoms with Crippen molar-refractivity contribution in [3.05, 3.63) is 11.9 Å². The van der Waals surface area contributed by atoms with Gasteiger partial charge in [-0.15, -0.1) is 5.10 Å². The third kappa shape index (κ3) is 2.60. The Balaban J connectivity index is 1.95. The molecular formula is C11H18BrN3. The van der Waals surface area contributed by atoms with Crippen molar-refractivity contribution in [2.75, 3.05) is 0 Å². The van der Waals surface area contributed by atoms with E-state index in [1.54, 1.807) is 0 Å². The van der Waals surface area contributed by atoms with Gasteiger partial charge >= 0.3 is 0 Å². The van der Waals surface area contributed by atoms with E-state index in [9.17, 15) is 0 Å². The lowest BCUT2D eigenvalue weighted by Crippen LogP contribution is -2.18. The van der Waals surface area contributed by atoms with Crippen LogP contribution in [0.15, 0.2) is 6.20 Å². The van der Waals surface area contributed by atoms with Crippen LogP contribution < -0.4 is 0 Å². The quantitative estimate of drug-likeness (QED) is 0.790. The van der Waals surface area contributed by atoms with Crippen molar-refractivity contribution < 1.29 is 0 Å². The Kier molecular flexibility index (Phi) is 3.78.